The number of para-hydroxylation sites is 1. The predicted molar refractivity (Wildman–Crippen MR) is 527 cm³/mol. The summed E-state index contributed by atoms with van der Waals surface area (Å²) >= 11 is 1.70. The quantitative estimate of drug-likeness (QED) is 0.0803. The molecule has 0 saturated carbocycles. The summed E-state index contributed by atoms with van der Waals surface area (Å²) in [6, 6.07) is 48.8. The Morgan fingerprint density at radius 1 is 0.444 bits per heavy atom. The molecule has 11 heterocycles. The molecule has 0 fully saturated rings. The normalized spacial score (nSPS) is 14.9. The van der Waals surface area contributed by atoms with Crippen LogP contribution in [0.25, 0.3) is 38.6 Å². The Hall–Kier alpha value is -12.4. The Morgan fingerprint density at radius 3 is 1.36 bits per heavy atom. The van der Waals surface area contributed by atoms with Crippen LogP contribution in [0.2, 0.25) is 0 Å². The number of carbonyl (C=O) groups is 4. The van der Waals surface area contributed by atoms with E-state index in [9.17, 15) is 19.2 Å². The third-order valence-corrected chi connectivity index (χ3v) is 23.6. The molecule has 27 nitrogen and oxygen atoms in total. The van der Waals surface area contributed by atoms with Gasteiger partial charge in [-0.05, 0) is 188 Å². The van der Waals surface area contributed by atoms with E-state index in [0.29, 0.717) is 23.8 Å². The van der Waals surface area contributed by atoms with Gasteiger partial charge in [0, 0.05) is 146 Å². The number of ether oxygens (including phenoxy) is 2. The number of benzene rings is 6. The number of fused-ring (bicyclic) bond motifs is 12. The molecule has 0 spiro atoms. The fourth-order valence-corrected chi connectivity index (χ4v) is 17.0. The van der Waals surface area contributed by atoms with E-state index in [4.69, 9.17) is 34.0 Å². The standard InChI is InChI=1S/C28H29N5O2.C24H29N5O2S.C24H27N5O2.C23H27N5O.2C2H6.CH3.Y/c1-17-25-21-12-11-19(20-15-30-33(16-20)28(2,3)4)13-22(21)26(18-9-7-6-8-10-18)31-23(14-24(34)29-5)27(25)35-32-17;1-13-14(2)32-23-20(13)21(16-8-10-17(11-9-16)31-24(4,5)6)26-18(12-19(30)25-7)22-28-27-15(3)29(22)23;1-15-27-28-23-19(14-21(30)25-5)26-22(18-8-6-7-9-20(18)29(15)23)16-10-12-17(13-11-16)31-24(2,3)4;1-14-20-18(13-27(14)6)28-15(2)25-26-22(28)17(12-19(29)23(3,4)5)24-21(20)16-10-8-7-9-11-16;2*1-2;;/h6-13,15-16,23H,14H2,1-5H3,(H,29,34);8-11,18H,12H2,1-7H3,(H,25,30);6-13,19H,14H2,1-5H3,(H,25,30);7-11,13,17H,12H2,1-6H3;2*1-2H3;1H3;/q;;;;;;-1;/t23-;18-;19-;17-;;;;/m0000..../s1. The maximum absolute atomic E-state index is 12.9. The van der Waals surface area contributed by atoms with Gasteiger partial charge in [0.2, 0.25) is 17.7 Å². The number of rotatable bonds is 15. The van der Waals surface area contributed by atoms with E-state index in [0.717, 1.165) is 152 Å². The summed E-state index contributed by atoms with van der Waals surface area (Å²) in [5.41, 5.74) is 19.4. The van der Waals surface area contributed by atoms with Crippen molar-refractivity contribution in [1.29, 1.82) is 0 Å². The van der Waals surface area contributed by atoms with Gasteiger partial charge in [0.05, 0.1) is 76.5 Å². The molecule has 0 aliphatic carbocycles. The van der Waals surface area contributed by atoms with Crippen LogP contribution in [0.4, 0.5) is 0 Å². The number of hydrogen-bond acceptors (Lipinski definition) is 20. The summed E-state index contributed by atoms with van der Waals surface area (Å²) in [4.78, 5) is 71.5. The van der Waals surface area contributed by atoms with Crippen LogP contribution < -0.4 is 25.4 Å². The first-order valence-corrected chi connectivity index (χ1v) is 45.6. The van der Waals surface area contributed by atoms with Crippen LogP contribution in [0.1, 0.15) is 268 Å². The van der Waals surface area contributed by atoms with Gasteiger partial charge in [-0.2, -0.15) is 5.10 Å². The Bertz CT molecular complexity index is 6430. The summed E-state index contributed by atoms with van der Waals surface area (Å²) in [5.74, 6) is 6.52. The topological polar surface area (TPSA) is 313 Å². The summed E-state index contributed by atoms with van der Waals surface area (Å²) in [6.45, 7) is 46.4. The van der Waals surface area contributed by atoms with Gasteiger partial charge in [-0.25, -0.2) is 0 Å². The average molecular weight is 1890 g/mol. The van der Waals surface area contributed by atoms with Gasteiger partial charge in [0.15, 0.2) is 23.2 Å². The molecule has 3 N–H and O–H groups in total. The average Bonchev–Trinajstić information content (AvgIpc) is 1.60. The van der Waals surface area contributed by atoms with Crippen molar-refractivity contribution < 1.29 is 65.9 Å². The first-order chi connectivity index (χ1) is 62.3. The molecule has 133 heavy (non-hydrogen) atoms. The largest absolute Gasteiger partial charge is 0.488 e. The fraction of sp³-hybridized carbons (Fsp3) is 0.375. The van der Waals surface area contributed by atoms with Crippen LogP contribution in [0, 0.1) is 61.3 Å². The molecule has 0 saturated heterocycles. The second-order valence-corrected chi connectivity index (χ2v) is 37.4. The molecule has 7 aromatic heterocycles. The maximum Gasteiger partial charge on any atom is 0.222 e. The molecule has 1 radical (unpaired) electrons. The predicted octanol–water partition coefficient (Wildman–Crippen LogP) is 20.2. The van der Waals surface area contributed by atoms with E-state index in [1.54, 1.807) is 32.5 Å². The number of hydrogen-bond donors (Lipinski definition) is 3. The van der Waals surface area contributed by atoms with Crippen molar-refractivity contribution >= 4 is 57.7 Å². The van der Waals surface area contributed by atoms with Gasteiger partial charge < -0.3 is 41.9 Å². The number of aryl methyl sites for hydroxylation is 6. The van der Waals surface area contributed by atoms with E-state index < -0.39 is 23.5 Å². The zero-order valence-electron chi connectivity index (χ0n) is 82.2. The van der Waals surface area contributed by atoms with Crippen LogP contribution >= 0.6 is 11.3 Å². The first-order valence-electron chi connectivity index (χ1n) is 44.7. The maximum atomic E-state index is 12.9. The zero-order chi connectivity index (χ0) is 95.0. The van der Waals surface area contributed by atoms with Crippen LogP contribution in [0.3, 0.4) is 0 Å². The van der Waals surface area contributed by atoms with Crippen molar-refractivity contribution in [2.24, 2.45) is 32.4 Å². The molecule has 4 aliphatic rings. The van der Waals surface area contributed by atoms with E-state index in [2.05, 4.69) is 155 Å². The van der Waals surface area contributed by atoms with Crippen molar-refractivity contribution in [3.8, 4) is 50.1 Å². The molecule has 4 aliphatic heterocycles. The Kier molecular flexibility index (Phi) is 33.3. The number of carbonyl (C=O) groups excluding carboxylic acids is 4. The summed E-state index contributed by atoms with van der Waals surface area (Å²) < 4.78 is 27.9. The number of aromatic nitrogens is 13. The third kappa shape index (κ3) is 22.9. The second kappa shape index (κ2) is 43.1. The van der Waals surface area contributed by atoms with Crippen molar-refractivity contribution in [2.45, 2.75) is 226 Å². The number of ketones is 1. The number of Topliss-reactive ketones (excluding diaryl/α,β-unsaturated/α-hetero) is 1. The number of nitrogens with zero attached hydrogens (tertiary/aromatic N) is 17. The van der Waals surface area contributed by atoms with E-state index >= 15 is 0 Å². The van der Waals surface area contributed by atoms with Crippen LogP contribution in [0.5, 0.6) is 11.5 Å². The number of aliphatic imine (C=N–C) groups is 4. The minimum Gasteiger partial charge on any atom is -0.488 e. The molecule has 4 atom stereocenters. The number of thiophene rings is 1. The monoisotopic (exact) mass is 1890 g/mol. The molecular weight excluding hydrogens is 1760 g/mol. The van der Waals surface area contributed by atoms with Crippen LogP contribution in [-0.4, -0.2) is 142 Å². The molecule has 13 aromatic rings. The van der Waals surface area contributed by atoms with Gasteiger partial charge >= 0.3 is 0 Å². The van der Waals surface area contributed by atoms with Gasteiger partial charge in [-0.3, -0.25) is 57.5 Å². The molecule has 29 heteroatoms. The van der Waals surface area contributed by atoms with Gasteiger partial charge in [0.25, 0.3) is 0 Å². The van der Waals surface area contributed by atoms with Crippen LogP contribution in [0.15, 0.2) is 195 Å². The van der Waals surface area contributed by atoms with Gasteiger partial charge in [-0.15, -0.1) is 41.9 Å². The number of amides is 3. The molecule has 6 aromatic carbocycles. The van der Waals surface area contributed by atoms with Crippen LogP contribution in [-0.2, 0) is 64.5 Å². The Balaban J connectivity index is 0.000000181. The van der Waals surface area contributed by atoms with Crippen molar-refractivity contribution in [3.05, 3.63) is 285 Å². The van der Waals surface area contributed by atoms with Crippen molar-refractivity contribution in [1.82, 2.24) is 79.7 Å². The van der Waals surface area contributed by atoms with Crippen molar-refractivity contribution in [3.63, 3.8) is 0 Å². The SMILES string of the molecule is CC.CC.CNC(=O)C[C@@H]1N=C(c2ccc(OC(C)(C)C)cc2)c2c(sc(C)c2C)-n2c(C)nnc21.CNC(=O)C[C@@H]1N=C(c2ccc(OC(C)(C)C)cc2)c2ccccc2-n2c(C)nnc21.CNC(=O)C[C@@H]1N=C(c2ccccc2)c2cc(-c3cnn(C(C)(C)C)c3)ccc2-c2c(C)noc21.Cc1c2c(cn1C)-n1c(C)nnc1[C@H](CC(=O)C(C)(C)C)N=C2c1ccccc1.[CH3-].[Y]. The molecule has 695 valence electrons. The van der Waals surface area contributed by atoms with Crippen molar-refractivity contribution in [2.75, 3.05) is 21.1 Å². The molecule has 17 rings (SSSR count). The number of nitrogens with one attached hydrogen (secondary N) is 3. The van der Waals surface area contributed by atoms with Gasteiger partial charge in [-0.1, -0.05) is 145 Å². The third-order valence-electron chi connectivity index (χ3n) is 22.5. The van der Waals surface area contributed by atoms with E-state index in [-0.39, 0.29) is 106 Å². The molecule has 0 unspecified atom stereocenters. The second-order valence-electron chi connectivity index (χ2n) is 36.2. The van der Waals surface area contributed by atoms with E-state index in [1.807, 2.05) is 262 Å². The summed E-state index contributed by atoms with van der Waals surface area (Å²) in [7, 11) is 6.93. The summed E-state index contributed by atoms with van der Waals surface area (Å²) in [6.07, 6.45) is 6.93. The Labute approximate surface area is 811 Å². The molecular formula is C104H127N20O7SY-. The molecule has 0 bridgehead atoms. The molecule has 3 amide bonds. The Morgan fingerprint density at radius 2 is 0.865 bits per heavy atom. The minimum atomic E-state index is -0.485. The van der Waals surface area contributed by atoms with E-state index in [1.165, 1.54) is 10.4 Å². The minimum absolute atomic E-state index is 0. The van der Waals surface area contributed by atoms with Gasteiger partial charge in [0.1, 0.15) is 75.1 Å². The first kappa shape index (κ1) is 103. The zero-order valence-corrected chi connectivity index (χ0v) is 85.9. The summed E-state index contributed by atoms with van der Waals surface area (Å²) in [5, 5.41) is 44.1. The fourth-order valence-electron chi connectivity index (χ4n) is 15.8. The smallest absolute Gasteiger partial charge is 0.222 e.